The SMILES string of the molecule is CC(Cc1ccccc1)c1[c]ccc(C(C)Cc2ccccc2)c1C(C)Cc1ccccc1. The number of rotatable bonds is 9. The summed E-state index contributed by atoms with van der Waals surface area (Å²) in [5, 5.41) is 0. The van der Waals surface area contributed by atoms with Gasteiger partial charge in [-0.25, -0.2) is 0 Å². The molecule has 0 saturated carbocycles. The molecule has 0 fully saturated rings. The minimum atomic E-state index is 0.421. The fraction of sp³-hybridized carbons (Fsp3) is 0.273. The van der Waals surface area contributed by atoms with E-state index in [1.807, 2.05) is 0 Å². The third-order valence-electron chi connectivity index (χ3n) is 6.77. The lowest BCUT2D eigenvalue weighted by Crippen LogP contribution is -2.13. The van der Waals surface area contributed by atoms with Crippen molar-refractivity contribution in [2.24, 2.45) is 0 Å². The fourth-order valence-electron chi connectivity index (χ4n) is 5.15. The Morgan fingerprint density at radius 1 is 0.515 bits per heavy atom. The van der Waals surface area contributed by atoms with Crippen molar-refractivity contribution >= 4 is 0 Å². The van der Waals surface area contributed by atoms with Gasteiger partial charge in [0.1, 0.15) is 0 Å². The lowest BCUT2D eigenvalue weighted by Gasteiger charge is -2.27. The Labute approximate surface area is 200 Å². The summed E-state index contributed by atoms with van der Waals surface area (Å²) in [6, 6.07) is 40.8. The molecule has 4 aromatic carbocycles. The highest BCUT2D eigenvalue weighted by Crippen LogP contribution is 2.37. The van der Waals surface area contributed by atoms with Crippen LogP contribution >= 0.6 is 0 Å². The van der Waals surface area contributed by atoms with Crippen LogP contribution in [0.1, 0.15) is 71.9 Å². The van der Waals surface area contributed by atoms with Crippen molar-refractivity contribution in [2.45, 2.75) is 57.8 Å². The highest BCUT2D eigenvalue weighted by molar-refractivity contribution is 5.43. The van der Waals surface area contributed by atoms with Crippen molar-refractivity contribution < 1.29 is 0 Å². The molecule has 4 rings (SSSR count). The van der Waals surface area contributed by atoms with Crippen molar-refractivity contribution in [3.63, 3.8) is 0 Å². The first-order valence-corrected chi connectivity index (χ1v) is 12.3. The standard InChI is InChI=1S/C33H35/c1-25(22-28-14-7-4-8-15-28)31-20-13-21-32(26(2)23-29-16-9-5-10-17-29)33(31)27(3)24-30-18-11-6-12-19-30/h4-20,25-27H,22-24H2,1-3H3. The Bertz CT molecular complexity index is 1050. The molecule has 0 heteroatoms. The normalized spacial score (nSPS) is 13.9. The monoisotopic (exact) mass is 431 g/mol. The first kappa shape index (κ1) is 23.1. The molecular formula is C33H35. The van der Waals surface area contributed by atoms with Crippen LogP contribution in [-0.2, 0) is 19.3 Å². The van der Waals surface area contributed by atoms with E-state index < -0.39 is 0 Å². The molecule has 3 atom stereocenters. The second kappa shape index (κ2) is 11.1. The van der Waals surface area contributed by atoms with Gasteiger partial charge >= 0.3 is 0 Å². The Hall–Kier alpha value is -3.12. The first-order valence-electron chi connectivity index (χ1n) is 12.3. The highest BCUT2D eigenvalue weighted by atomic mass is 14.3. The quantitative estimate of drug-likeness (QED) is 0.249. The van der Waals surface area contributed by atoms with Gasteiger partial charge in [-0.15, -0.1) is 0 Å². The minimum Gasteiger partial charge on any atom is -0.0622 e. The van der Waals surface area contributed by atoms with Gasteiger partial charge in [-0.2, -0.15) is 0 Å². The Kier molecular flexibility index (Phi) is 7.79. The van der Waals surface area contributed by atoms with Crippen LogP contribution < -0.4 is 0 Å². The summed E-state index contributed by atoms with van der Waals surface area (Å²) in [5.41, 5.74) is 8.57. The molecular weight excluding hydrogens is 396 g/mol. The average Bonchev–Trinajstić information content (AvgIpc) is 2.85. The van der Waals surface area contributed by atoms with Crippen LogP contribution in [0.15, 0.2) is 103 Å². The largest absolute Gasteiger partial charge is 0.0622 e. The van der Waals surface area contributed by atoms with Gasteiger partial charge in [0.2, 0.25) is 0 Å². The zero-order valence-electron chi connectivity index (χ0n) is 20.2. The van der Waals surface area contributed by atoms with Crippen LogP contribution in [0.4, 0.5) is 0 Å². The van der Waals surface area contributed by atoms with E-state index in [0.717, 1.165) is 19.3 Å². The van der Waals surface area contributed by atoms with Gasteiger partial charge in [-0.05, 0) is 76.5 Å². The molecule has 33 heavy (non-hydrogen) atoms. The lowest BCUT2D eigenvalue weighted by molar-refractivity contribution is 0.664. The van der Waals surface area contributed by atoms with Crippen molar-refractivity contribution in [2.75, 3.05) is 0 Å². The van der Waals surface area contributed by atoms with E-state index in [1.54, 1.807) is 0 Å². The van der Waals surface area contributed by atoms with Gasteiger partial charge in [0.15, 0.2) is 0 Å². The minimum absolute atomic E-state index is 0.421. The van der Waals surface area contributed by atoms with E-state index >= 15 is 0 Å². The van der Waals surface area contributed by atoms with Crippen LogP contribution in [0.5, 0.6) is 0 Å². The molecule has 0 bridgehead atoms. The molecule has 1 radical (unpaired) electrons. The smallest absolute Gasteiger partial charge is 0.0141 e. The Morgan fingerprint density at radius 2 is 0.939 bits per heavy atom. The van der Waals surface area contributed by atoms with E-state index in [9.17, 15) is 0 Å². The topological polar surface area (TPSA) is 0 Å². The molecule has 0 saturated heterocycles. The maximum Gasteiger partial charge on any atom is -0.0141 e. The van der Waals surface area contributed by atoms with E-state index in [4.69, 9.17) is 0 Å². The Balaban J connectivity index is 1.69. The average molecular weight is 432 g/mol. The zero-order chi connectivity index (χ0) is 23.0. The van der Waals surface area contributed by atoms with Gasteiger partial charge in [0, 0.05) is 0 Å². The molecule has 0 N–H and O–H groups in total. The molecule has 0 nitrogen and oxygen atoms in total. The third kappa shape index (κ3) is 6.02. The summed E-state index contributed by atoms with van der Waals surface area (Å²) in [5.74, 6) is 1.31. The molecule has 0 heterocycles. The summed E-state index contributed by atoms with van der Waals surface area (Å²) in [6.45, 7) is 7.14. The van der Waals surface area contributed by atoms with Crippen LogP contribution in [0.2, 0.25) is 0 Å². The second-order valence-electron chi connectivity index (χ2n) is 9.53. The third-order valence-corrected chi connectivity index (χ3v) is 6.77. The summed E-state index contributed by atoms with van der Waals surface area (Å²) < 4.78 is 0. The van der Waals surface area contributed by atoms with Gasteiger partial charge in [0.05, 0.1) is 0 Å². The molecule has 4 aromatic rings. The summed E-state index contributed by atoms with van der Waals surface area (Å²) in [7, 11) is 0. The van der Waals surface area contributed by atoms with Crippen molar-refractivity contribution in [3.05, 3.63) is 143 Å². The molecule has 0 spiro atoms. The molecule has 167 valence electrons. The molecule has 0 aliphatic heterocycles. The maximum atomic E-state index is 3.68. The fourth-order valence-corrected chi connectivity index (χ4v) is 5.15. The molecule has 3 unspecified atom stereocenters. The summed E-state index contributed by atoms with van der Waals surface area (Å²) >= 11 is 0. The predicted molar refractivity (Wildman–Crippen MR) is 141 cm³/mol. The second-order valence-corrected chi connectivity index (χ2v) is 9.53. The highest BCUT2D eigenvalue weighted by Gasteiger charge is 2.22. The number of hydrogen-bond donors (Lipinski definition) is 0. The van der Waals surface area contributed by atoms with Gasteiger partial charge in [0.25, 0.3) is 0 Å². The van der Waals surface area contributed by atoms with Crippen molar-refractivity contribution in [1.82, 2.24) is 0 Å². The summed E-state index contributed by atoms with van der Waals surface area (Å²) in [4.78, 5) is 0. The number of benzene rings is 4. The van der Waals surface area contributed by atoms with E-state index in [0.29, 0.717) is 17.8 Å². The number of hydrogen-bond acceptors (Lipinski definition) is 0. The van der Waals surface area contributed by atoms with Crippen LogP contribution in [0.3, 0.4) is 0 Å². The van der Waals surface area contributed by atoms with Gasteiger partial charge in [-0.3, -0.25) is 0 Å². The molecule has 0 amide bonds. The van der Waals surface area contributed by atoms with Crippen LogP contribution in [-0.4, -0.2) is 0 Å². The van der Waals surface area contributed by atoms with Crippen LogP contribution in [0.25, 0.3) is 0 Å². The zero-order valence-corrected chi connectivity index (χ0v) is 20.2. The van der Waals surface area contributed by atoms with Gasteiger partial charge < -0.3 is 0 Å². The molecule has 0 aromatic heterocycles. The Morgan fingerprint density at radius 3 is 1.42 bits per heavy atom. The van der Waals surface area contributed by atoms with E-state index in [1.165, 1.54) is 33.4 Å². The lowest BCUT2D eigenvalue weighted by atomic mass is 9.77. The van der Waals surface area contributed by atoms with E-state index in [-0.39, 0.29) is 0 Å². The van der Waals surface area contributed by atoms with E-state index in [2.05, 4.69) is 130 Å². The van der Waals surface area contributed by atoms with Crippen molar-refractivity contribution in [3.8, 4) is 0 Å². The maximum absolute atomic E-state index is 3.68. The van der Waals surface area contributed by atoms with Gasteiger partial charge in [-0.1, -0.05) is 124 Å². The first-order chi connectivity index (χ1) is 16.1. The molecule has 0 aliphatic rings. The summed E-state index contributed by atoms with van der Waals surface area (Å²) in [6.07, 6.45) is 3.15. The van der Waals surface area contributed by atoms with Crippen LogP contribution in [0, 0.1) is 6.07 Å². The predicted octanol–water partition coefficient (Wildman–Crippen LogP) is 8.53. The molecule has 0 aliphatic carbocycles. The van der Waals surface area contributed by atoms with Crippen molar-refractivity contribution in [1.29, 1.82) is 0 Å².